The number of aromatic nitrogens is 4. The number of carbonyl (C=O) groups excluding carboxylic acids is 1. The standard InChI is InChI=1S/C27H28N6O/c1-2-21-9-11-23(12-10-21)25-24(20-33(30-25)19-22-7-4-3-5-8-22)26(34)31-15-17-32(18-16-31)27-28-13-6-14-29-27/h3-14,20H,2,15-19H2,1H3. The molecule has 0 bridgehead atoms. The van der Waals surface area contributed by atoms with Crippen molar-refractivity contribution in [2.24, 2.45) is 0 Å². The van der Waals surface area contributed by atoms with Gasteiger partial charge in [0.25, 0.3) is 5.91 Å². The number of piperazine rings is 1. The van der Waals surface area contributed by atoms with Crippen LogP contribution in [0, 0.1) is 0 Å². The van der Waals surface area contributed by atoms with Gasteiger partial charge >= 0.3 is 0 Å². The Hall–Kier alpha value is -4.00. The number of nitrogens with zero attached hydrogens (tertiary/aromatic N) is 6. The monoisotopic (exact) mass is 452 g/mol. The lowest BCUT2D eigenvalue weighted by molar-refractivity contribution is 0.0747. The van der Waals surface area contributed by atoms with Gasteiger partial charge in [0.1, 0.15) is 5.69 Å². The second kappa shape index (κ2) is 9.87. The van der Waals surface area contributed by atoms with Gasteiger partial charge in [-0.1, -0.05) is 61.5 Å². The molecule has 1 aliphatic rings. The van der Waals surface area contributed by atoms with Crippen molar-refractivity contribution in [3.63, 3.8) is 0 Å². The maximum atomic E-state index is 13.6. The summed E-state index contributed by atoms with van der Waals surface area (Å²) in [4.78, 5) is 26.4. The van der Waals surface area contributed by atoms with E-state index in [-0.39, 0.29) is 5.91 Å². The van der Waals surface area contributed by atoms with Crippen LogP contribution in [0.25, 0.3) is 11.3 Å². The molecule has 0 N–H and O–H groups in total. The van der Waals surface area contributed by atoms with E-state index in [2.05, 4.69) is 58.2 Å². The summed E-state index contributed by atoms with van der Waals surface area (Å²) in [5, 5.41) is 4.85. The fraction of sp³-hybridized carbons (Fsp3) is 0.259. The molecule has 0 saturated carbocycles. The Morgan fingerprint density at radius 3 is 2.24 bits per heavy atom. The fourth-order valence-corrected chi connectivity index (χ4v) is 4.28. The zero-order chi connectivity index (χ0) is 23.3. The van der Waals surface area contributed by atoms with Crippen LogP contribution >= 0.6 is 0 Å². The third kappa shape index (κ3) is 4.69. The minimum Gasteiger partial charge on any atom is -0.337 e. The van der Waals surface area contributed by atoms with E-state index in [1.807, 2.05) is 40.0 Å². The number of carbonyl (C=O) groups is 1. The Morgan fingerprint density at radius 2 is 1.56 bits per heavy atom. The normalized spacial score (nSPS) is 13.8. The van der Waals surface area contributed by atoms with Crippen LogP contribution < -0.4 is 4.90 Å². The Kier molecular flexibility index (Phi) is 6.33. The molecule has 2 aromatic carbocycles. The second-order valence-corrected chi connectivity index (χ2v) is 8.45. The maximum Gasteiger partial charge on any atom is 0.257 e. The van der Waals surface area contributed by atoms with E-state index < -0.39 is 0 Å². The lowest BCUT2D eigenvalue weighted by Crippen LogP contribution is -2.49. The van der Waals surface area contributed by atoms with Gasteiger partial charge in [0.15, 0.2) is 0 Å². The van der Waals surface area contributed by atoms with Gasteiger partial charge in [-0.15, -0.1) is 0 Å². The molecule has 1 saturated heterocycles. The van der Waals surface area contributed by atoms with Crippen molar-refractivity contribution in [2.45, 2.75) is 19.9 Å². The number of amides is 1. The van der Waals surface area contributed by atoms with Crippen LogP contribution in [0.1, 0.15) is 28.4 Å². The van der Waals surface area contributed by atoms with Crippen LogP contribution in [0.2, 0.25) is 0 Å². The van der Waals surface area contributed by atoms with E-state index in [0.717, 1.165) is 23.2 Å². The van der Waals surface area contributed by atoms with Gasteiger partial charge in [-0.2, -0.15) is 5.10 Å². The SMILES string of the molecule is CCc1ccc(-c2nn(Cc3ccccc3)cc2C(=O)N2CCN(c3ncccn3)CC2)cc1. The summed E-state index contributed by atoms with van der Waals surface area (Å²) in [7, 11) is 0. The first-order valence-corrected chi connectivity index (χ1v) is 11.7. The minimum absolute atomic E-state index is 0.0162. The zero-order valence-corrected chi connectivity index (χ0v) is 19.3. The first-order valence-electron chi connectivity index (χ1n) is 11.7. The Bertz CT molecular complexity index is 1230. The molecule has 0 atom stereocenters. The zero-order valence-electron chi connectivity index (χ0n) is 19.3. The molecule has 2 aromatic heterocycles. The number of hydrogen-bond donors (Lipinski definition) is 0. The van der Waals surface area contributed by atoms with Gasteiger partial charge in [-0.05, 0) is 23.6 Å². The Labute approximate surface area is 199 Å². The highest BCUT2D eigenvalue weighted by atomic mass is 16.2. The Balaban J connectivity index is 1.40. The highest BCUT2D eigenvalue weighted by molar-refractivity contribution is 6.00. The molecule has 7 heteroatoms. The molecule has 172 valence electrons. The molecule has 0 aliphatic carbocycles. The summed E-state index contributed by atoms with van der Waals surface area (Å²) >= 11 is 0. The topological polar surface area (TPSA) is 67.2 Å². The van der Waals surface area contributed by atoms with E-state index in [4.69, 9.17) is 5.10 Å². The van der Waals surface area contributed by atoms with E-state index in [9.17, 15) is 4.79 Å². The molecular formula is C27H28N6O. The smallest absolute Gasteiger partial charge is 0.257 e. The second-order valence-electron chi connectivity index (χ2n) is 8.45. The molecule has 0 spiro atoms. The van der Waals surface area contributed by atoms with Crippen LogP contribution in [0.15, 0.2) is 79.3 Å². The summed E-state index contributed by atoms with van der Waals surface area (Å²) in [5.41, 5.74) is 4.75. The molecule has 5 rings (SSSR count). The summed E-state index contributed by atoms with van der Waals surface area (Å²) in [5.74, 6) is 0.726. The molecule has 1 amide bonds. The molecule has 7 nitrogen and oxygen atoms in total. The van der Waals surface area contributed by atoms with Crippen molar-refractivity contribution >= 4 is 11.9 Å². The third-order valence-corrected chi connectivity index (χ3v) is 6.22. The van der Waals surface area contributed by atoms with Crippen molar-refractivity contribution < 1.29 is 4.79 Å². The third-order valence-electron chi connectivity index (χ3n) is 6.22. The number of rotatable bonds is 6. The summed E-state index contributed by atoms with van der Waals surface area (Å²) in [6.45, 7) is 5.40. The van der Waals surface area contributed by atoms with Crippen molar-refractivity contribution in [1.29, 1.82) is 0 Å². The molecule has 1 fully saturated rings. The molecule has 3 heterocycles. The van der Waals surface area contributed by atoms with Crippen molar-refractivity contribution in [3.8, 4) is 11.3 Å². The highest BCUT2D eigenvalue weighted by Gasteiger charge is 2.27. The van der Waals surface area contributed by atoms with Gasteiger partial charge in [-0.25, -0.2) is 9.97 Å². The molecular weight excluding hydrogens is 424 g/mol. The lowest BCUT2D eigenvalue weighted by Gasteiger charge is -2.34. The maximum absolute atomic E-state index is 13.6. The quantitative estimate of drug-likeness (QED) is 0.444. The minimum atomic E-state index is 0.0162. The van der Waals surface area contributed by atoms with Crippen LogP contribution in [-0.2, 0) is 13.0 Å². The van der Waals surface area contributed by atoms with Gasteiger partial charge in [0, 0.05) is 50.3 Å². The number of benzene rings is 2. The van der Waals surface area contributed by atoms with Crippen LogP contribution in [0.5, 0.6) is 0 Å². The van der Waals surface area contributed by atoms with Crippen molar-refractivity contribution in [1.82, 2.24) is 24.6 Å². The first kappa shape index (κ1) is 21.8. The summed E-state index contributed by atoms with van der Waals surface area (Å²) < 4.78 is 1.87. The van der Waals surface area contributed by atoms with Crippen molar-refractivity contribution in [3.05, 3.63) is 95.9 Å². The van der Waals surface area contributed by atoms with E-state index in [0.29, 0.717) is 44.2 Å². The molecule has 4 aromatic rings. The number of hydrogen-bond acceptors (Lipinski definition) is 5. The fourth-order valence-electron chi connectivity index (χ4n) is 4.28. The lowest BCUT2D eigenvalue weighted by atomic mass is 10.0. The summed E-state index contributed by atoms with van der Waals surface area (Å²) in [6.07, 6.45) is 6.36. The van der Waals surface area contributed by atoms with E-state index in [1.165, 1.54) is 5.56 Å². The van der Waals surface area contributed by atoms with Crippen LogP contribution in [0.3, 0.4) is 0 Å². The van der Waals surface area contributed by atoms with Gasteiger partial charge in [0.05, 0.1) is 12.1 Å². The van der Waals surface area contributed by atoms with Crippen molar-refractivity contribution in [2.75, 3.05) is 31.1 Å². The average Bonchev–Trinajstić information content (AvgIpc) is 3.33. The van der Waals surface area contributed by atoms with E-state index in [1.54, 1.807) is 12.4 Å². The molecule has 0 radical (unpaired) electrons. The predicted octanol–water partition coefficient (Wildman–Crippen LogP) is 3.91. The average molecular weight is 453 g/mol. The summed E-state index contributed by atoms with van der Waals surface area (Å²) in [6, 6.07) is 20.3. The molecule has 1 aliphatic heterocycles. The number of anilines is 1. The van der Waals surface area contributed by atoms with Gasteiger partial charge < -0.3 is 9.80 Å². The van der Waals surface area contributed by atoms with Gasteiger partial charge in [0.2, 0.25) is 5.95 Å². The first-order chi connectivity index (χ1) is 16.7. The Morgan fingerprint density at radius 1 is 0.853 bits per heavy atom. The highest BCUT2D eigenvalue weighted by Crippen LogP contribution is 2.25. The largest absolute Gasteiger partial charge is 0.337 e. The van der Waals surface area contributed by atoms with Crippen LogP contribution in [0.4, 0.5) is 5.95 Å². The number of aryl methyl sites for hydroxylation is 1. The predicted molar refractivity (Wildman–Crippen MR) is 133 cm³/mol. The van der Waals surface area contributed by atoms with E-state index >= 15 is 0 Å². The van der Waals surface area contributed by atoms with Gasteiger partial charge in [-0.3, -0.25) is 9.48 Å². The molecule has 34 heavy (non-hydrogen) atoms. The molecule has 0 unspecified atom stereocenters. The van der Waals surface area contributed by atoms with Crippen LogP contribution in [-0.4, -0.2) is 56.7 Å².